The van der Waals surface area contributed by atoms with Crippen LogP contribution >= 0.6 is 0 Å². The first-order valence-corrected chi connectivity index (χ1v) is 7.49. The van der Waals surface area contributed by atoms with E-state index in [-0.39, 0.29) is 18.1 Å². The van der Waals surface area contributed by atoms with Crippen LogP contribution < -0.4 is 10.6 Å². The number of benzene rings is 1. The van der Waals surface area contributed by atoms with Gasteiger partial charge >= 0.3 is 0 Å². The van der Waals surface area contributed by atoms with Crippen LogP contribution in [0.1, 0.15) is 25.3 Å². The Labute approximate surface area is 119 Å². The molecule has 3 atom stereocenters. The van der Waals surface area contributed by atoms with Crippen molar-refractivity contribution >= 4 is 11.6 Å². The highest BCUT2D eigenvalue weighted by Gasteiger charge is 2.30. The van der Waals surface area contributed by atoms with E-state index in [4.69, 9.17) is 4.74 Å². The van der Waals surface area contributed by atoms with E-state index in [1.165, 1.54) is 5.56 Å². The number of anilines is 1. The maximum atomic E-state index is 12.3. The Morgan fingerprint density at radius 1 is 1.25 bits per heavy atom. The van der Waals surface area contributed by atoms with Crippen LogP contribution in [-0.4, -0.2) is 31.2 Å². The lowest BCUT2D eigenvalue weighted by Crippen LogP contribution is -2.45. The van der Waals surface area contributed by atoms with Crippen LogP contribution in [0.4, 0.5) is 5.69 Å². The molecule has 1 aromatic carbocycles. The highest BCUT2D eigenvalue weighted by Crippen LogP contribution is 2.25. The summed E-state index contributed by atoms with van der Waals surface area (Å²) in [5, 5.41) is 6.34. The Morgan fingerprint density at radius 2 is 2.10 bits per heavy atom. The summed E-state index contributed by atoms with van der Waals surface area (Å²) in [5.74, 6) is 0.502. The Bertz CT molecular complexity index is 489. The second-order valence-electron chi connectivity index (χ2n) is 5.82. The van der Waals surface area contributed by atoms with Gasteiger partial charge in [-0.3, -0.25) is 4.79 Å². The second-order valence-corrected chi connectivity index (χ2v) is 5.82. The fraction of sp³-hybridized carbons (Fsp3) is 0.562. The molecule has 0 spiro atoms. The van der Waals surface area contributed by atoms with Crippen molar-refractivity contribution in [2.24, 2.45) is 5.92 Å². The van der Waals surface area contributed by atoms with Gasteiger partial charge in [-0.2, -0.15) is 0 Å². The lowest BCUT2D eigenvalue weighted by molar-refractivity contribution is -0.134. The summed E-state index contributed by atoms with van der Waals surface area (Å²) in [7, 11) is 0. The van der Waals surface area contributed by atoms with Gasteiger partial charge in [-0.1, -0.05) is 25.1 Å². The van der Waals surface area contributed by atoms with Crippen LogP contribution in [-0.2, 0) is 16.0 Å². The molecular weight excluding hydrogens is 252 g/mol. The van der Waals surface area contributed by atoms with Crippen molar-refractivity contribution in [3.8, 4) is 0 Å². The van der Waals surface area contributed by atoms with Crippen LogP contribution in [0.25, 0.3) is 0 Å². The topological polar surface area (TPSA) is 50.4 Å². The Morgan fingerprint density at radius 3 is 2.95 bits per heavy atom. The molecule has 4 heteroatoms. The van der Waals surface area contributed by atoms with Crippen molar-refractivity contribution in [2.45, 2.75) is 38.4 Å². The highest BCUT2D eigenvalue weighted by atomic mass is 16.5. The average molecular weight is 274 g/mol. The van der Waals surface area contributed by atoms with Crippen LogP contribution in [0.2, 0.25) is 0 Å². The number of carbonyl (C=O) groups excluding carboxylic acids is 1. The monoisotopic (exact) mass is 274 g/mol. The molecule has 1 fully saturated rings. The molecular formula is C16H22N2O2. The fourth-order valence-corrected chi connectivity index (χ4v) is 2.98. The molecule has 1 amide bonds. The van der Waals surface area contributed by atoms with Gasteiger partial charge in [0.2, 0.25) is 0 Å². The van der Waals surface area contributed by atoms with Crippen LogP contribution in [0.15, 0.2) is 24.3 Å². The van der Waals surface area contributed by atoms with Crippen LogP contribution in [0.5, 0.6) is 0 Å². The maximum Gasteiger partial charge on any atom is 0.253 e. The van der Waals surface area contributed by atoms with Crippen LogP contribution in [0, 0.1) is 5.92 Å². The third kappa shape index (κ3) is 2.86. The summed E-state index contributed by atoms with van der Waals surface area (Å²) in [6, 6.07) is 8.00. The molecule has 2 aliphatic heterocycles. The van der Waals surface area contributed by atoms with Crippen molar-refractivity contribution in [3.63, 3.8) is 0 Å². The second kappa shape index (κ2) is 5.94. The number of rotatable bonds is 2. The van der Waals surface area contributed by atoms with Gasteiger partial charge in [-0.05, 0) is 43.4 Å². The SMILES string of the molecule is CC1CCNCC1OC1CCc2ccccc2NC1=O. The van der Waals surface area contributed by atoms with E-state index in [1.54, 1.807) is 0 Å². The molecule has 1 saturated heterocycles. The normalized spacial score (nSPS) is 30.2. The molecule has 2 heterocycles. The number of nitrogens with one attached hydrogen (secondary N) is 2. The number of fused-ring (bicyclic) bond motifs is 1. The predicted octanol–water partition coefficient (Wildman–Crippen LogP) is 1.95. The number of ether oxygens (including phenoxy) is 1. The molecule has 3 unspecified atom stereocenters. The minimum atomic E-state index is -0.338. The van der Waals surface area contributed by atoms with Crippen molar-refractivity contribution in [2.75, 3.05) is 18.4 Å². The molecule has 1 aromatic rings. The predicted molar refractivity (Wildman–Crippen MR) is 78.7 cm³/mol. The molecule has 0 aromatic heterocycles. The van der Waals surface area contributed by atoms with Crippen molar-refractivity contribution < 1.29 is 9.53 Å². The summed E-state index contributed by atoms with van der Waals surface area (Å²) in [4.78, 5) is 12.3. The maximum absolute atomic E-state index is 12.3. The molecule has 0 radical (unpaired) electrons. The molecule has 20 heavy (non-hydrogen) atoms. The minimum absolute atomic E-state index is 0.00674. The number of aryl methyl sites for hydroxylation is 1. The zero-order valence-electron chi connectivity index (χ0n) is 11.9. The number of amides is 1. The molecule has 108 valence electrons. The molecule has 4 nitrogen and oxygen atoms in total. The van der Waals surface area contributed by atoms with Gasteiger partial charge in [0.15, 0.2) is 0 Å². The molecule has 2 aliphatic rings. The van der Waals surface area contributed by atoms with Crippen molar-refractivity contribution in [1.82, 2.24) is 5.32 Å². The molecule has 0 bridgehead atoms. The van der Waals surface area contributed by atoms with Gasteiger partial charge in [-0.25, -0.2) is 0 Å². The van der Waals surface area contributed by atoms with Crippen molar-refractivity contribution in [3.05, 3.63) is 29.8 Å². The first-order chi connectivity index (χ1) is 9.74. The zero-order valence-corrected chi connectivity index (χ0v) is 11.9. The van der Waals surface area contributed by atoms with E-state index in [0.29, 0.717) is 5.92 Å². The van der Waals surface area contributed by atoms with E-state index >= 15 is 0 Å². The van der Waals surface area contributed by atoms with E-state index in [1.807, 2.05) is 18.2 Å². The average Bonchev–Trinajstić information content (AvgIpc) is 2.61. The van der Waals surface area contributed by atoms with Gasteiger partial charge < -0.3 is 15.4 Å². The molecule has 2 N–H and O–H groups in total. The van der Waals surface area contributed by atoms with Gasteiger partial charge in [0.05, 0.1) is 6.10 Å². The summed E-state index contributed by atoms with van der Waals surface area (Å²) >= 11 is 0. The smallest absolute Gasteiger partial charge is 0.253 e. The largest absolute Gasteiger partial charge is 0.364 e. The van der Waals surface area contributed by atoms with Crippen molar-refractivity contribution in [1.29, 1.82) is 0 Å². The number of hydrogen-bond donors (Lipinski definition) is 2. The summed E-state index contributed by atoms with van der Waals surface area (Å²) in [6.45, 7) is 4.09. The number of hydrogen-bond acceptors (Lipinski definition) is 3. The lowest BCUT2D eigenvalue weighted by atomic mass is 9.97. The third-order valence-electron chi connectivity index (χ3n) is 4.34. The van der Waals surface area contributed by atoms with Gasteiger partial charge in [0.1, 0.15) is 6.10 Å². The number of piperidine rings is 1. The lowest BCUT2D eigenvalue weighted by Gasteiger charge is -2.32. The third-order valence-corrected chi connectivity index (χ3v) is 4.34. The summed E-state index contributed by atoms with van der Waals surface area (Å²) < 4.78 is 6.09. The summed E-state index contributed by atoms with van der Waals surface area (Å²) in [5.41, 5.74) is 2.13. The van der Waals surface area contributed by atoms with E-state index in [9.17, 15) is 4.79 Å². The number of carbonyl (C=O) groups is 1. The van der Waals surface area contributed by atoms with E-state index in [0.717, 1.165) is 38.0 Å². The fourth-order valence-electron chi connectivity index (χ4n) is 2.98. The zero-order chi connectivity index (χ0) is 13.9. The first-order valence-electron chi connectivity index (χ1n) is 7.49. The van der Waals surface area contributed by atoms with Crippen LogP contribution in [0.3, 0.4) is 0 Å². The Hall–Kier alpha value is -1.39. The summed E-state index contributed by atoms with van der Waals surface area (Å²) in [6.07, 6.45) is 2.55. The van der Waals surface area contributed by atoms with Gasteiger partial charge in [0.25, 0.3) is 5.91 Å². The molecule has 0 aliphatic carbocycles. The highest BCUT2D eigenvalue weighted by molar-refractivity contribution is 5.95. The van der Waals surface area contributed by atoms with E-state index < -0.39 is 0 Å². The molecule has 3 rings (SSSR count). The van der Waals surface area contributed by atoms with Gasteiger partial charge in [-0.15, -0.1) is 0 Å². The van der Waals surface area contributed by atoms with Gasteiger partial charge in [0, 0.05) is 12.2 Å². The number of para-hydroxylation sites is 1. The first kappa shape index (κ1) is 13.6. The Balaban J connectivity index is 1.68. The molecule has 0 saturated carbocycles. The van der Waals surface area contributed by atoms with E-state index in [2.05, 4.69) is 23.6 Å². The quantitative estimate of drug-likeness (QED) is 0.866. The Kier molecular flexibility index (Phi) is 4.03. The minimum Gasteiger partial charge on any atom is -0.364 e. The standard InChI is InChI=1S/C16H22N2O2/c1-11-8-9-17-10-15(11)20-14-7-6-12-4-2-3-5-13(12)18-16(14)19/h2-5,11,14-15,17H,6-10H2,1H3,(H,18,19).